The van der Waals surface area contributed by atoms with Crippen LogP contribution in [-0.2, 0) is 17.6 Å². The van der Waals surface area contributed by atoms with Crippen molar-refractivity contribution in [3.8, 4) is 11.5 Å². The van der Waals surface area contributed by atoms with Crippen LogP contribution < -0.4 is 5.32 Å². The fourth-order valence-corrected chi connectivity index (χ4v) is 2.58. The number of aromatic nitrogens is 2. The van der Waals surface area contributed by atoms with Crippen LogP contribution in [-0.4, -0.2) is 16.1 Å². The summed E-state index contributed by atoms with van der Waals surface area (Å²) in [4.78, 5) is 12.0. The smallest absolute Gasteiger partial charge is 0.249 e. The Kier molecular flexibility index (Phi) is 5.46. The minimum atomic E-state index is -0.0956. The van der Waals surface area contributed by atoms with Crippen molar-refractivity contribution < 1.29 is 9.21 Å². The van der Waals surface area contributed by atoms with Crippen LogP contribution in [0.15, 0.2) is 52.9 Å². The van der Waals surface area contributed by atoms with Crippen molar-refractivity contribution in [1.29, 1.82) is 0 Å². The molecule has 0 bridgehead atoms. The van der Waals surface area contributed by atoms with Crippen molar-refractivity contribution in [1.82, 2.24) is 10.2 Å². The van der Waals surface area contributed by atoms with Gasteiger partial charge in [0.05, 0.1) is 10.6 Å². The first-order chi connectivity index (χ1) is 12.2. The summed E-state index contributed by atoms with van der Waals surface area (Å²) in [5.41, 5.74) is 2.70. The standard InChI is InChI=1S/C19H18ClN3O2/c1-2-13-7-9-14(10-8-13)21-17(24)11-12-18-22-23-19(25-18)15-5-3-4-6-16(15)20/h3-10H,2,11-12H2,1H3,(H,21,24). The van der Waals surface area contributed by atoms with E-state index in [4.69, 9.17) is 16.0 Å². The second kappa shape index (κ2) is 7.94. The Morgan fingerprint density at radius 1 is 1.12 bits per heavy atom. The van der Waals surface area contributed by atoms with Gasteiger partial charge in [-0.1, -0.05) is 42.8 Å². The molecule has 5 nitrogen and oxygen atoms in total. The van der Waals surface area contributed by atoms with E-state index in [1.807, 2.05) is 42.5 Å². The summed E-state index contributed by atoms with van der Waals surface area (Å²) in [6.07, 6.45) is 1.61. The average molecular weight is 356 g/mol. The molecule has 6 heteroatoms. The van der Waals surface area contributed by atoms with Gasteiger partial charge in [0.1, 0.15) is 0 Å². The van der Waals surface area contributed by atoms with Crippen LogP contribution in [0.1, 0.15) is 24.8 Å². The summed E-state index contributed by atoms with van der Waals surface area (Å²) in [6, 6.07) is 15.1. The molecule has 25 heavy (non-hydrogen) atoms. The zero-order valence-electron chi connectivity index (χ0n) is 13.8. The van der Waals surface area contributed by atoms with E-state index >= 15 is 0 Å². The van der Waals surface area contributed by atoms with Gasteiger partial charge in [-0.2, -0.15) is 0 Å². The first-order valence-corrected chi connectivity index (χ1v) is 8.49. The van der Waals surface area contributed by atoms with Gasteiger partial charge in [0.15, 0.2) is 0 Å². The number of carbonyl (C=O) groups excluding carboxylic acids is 1. The molecule has 2 aromatic carbocycles. The lowest BCUT2D eigenvalue weighted by Crippen LogP contribution is -2.12. The number of amides is 1. The van der Waals surface area contributed by atoms with Crippen LogP contribution in [0, 0.1) is 0 Å². The highest BCUT2D eigenvalue weighted by Crippen LogP contribution is 2.26. The summed E-state index contributed by atoms with van der Waals surface area (Å²) >= 11 is 6.12. The molecule has 0 atom stereocenters. The predicted molar refractivity (Wildman–Crippen MR) is 97.5 cm³/mol. The zero-order valence-corrected chi connectivity index (χ0v) is 14.6. The number of benzene rings is 2. The van der Waals surface area contributed by atoms with Gasteiger partial charge < -0.3 is 9.73 Å². The Morgan fingerprint density at radius 2 is 1.88 bits per heavy atom. The first kappa shape index (κ1) is 17.2. The Balaban J connectivity index is 1.56. The number of carbonyl (C=O) groups is 1. The van der Waals surface area contributed by atoms with Crippen molar-refractivity contribution in [3.05, 3.63) is 65.0 Å². The minimum absolute atomic E-state index is 0.0956. The predicted octanol–water partition coefficient (Wildman–Crippen LogP) is 4.52. The monoisotopic (exact) mass is 355 g/mol. The number of nitrogens with one attached hydrogen (secondary N) is 1. The van der Waals surface area contributed by atoms with Gasteiger partial charge >= 0.3 is 0 Å². The fourth-order valence-electron chi connectivity index (χ4n) is 2.37. The van der Waals surface area contributed by atoms with E-state index in [2.05, 4.69) is 22.4 Å². The van der Waals surface area contributed by atoms with Gasteiger partial charge in [-0.25, -0.2) is 0 Å². The molecule has 128 valence electrons. The maximum atomic E-state index is 12.0. The van der Waals surface area contributed by atoms with E-state index in [-0.39, 0.29) is 12.3 Å². The second-order valence-electron chi connectivity index (χ2n) is 5.58. The molecule has 0 unspecified atom stereocenters. The van der Waals surface area contributed by atoms with Crippen LogP contribution in [0.25, 0.3) is 11.5 Å². The third kappa shape index (κ3) is 4.45. The number of hydrogen-bond donors (Lipinski definition) is 1. The lowest BCUT2D eigenvalue weighted by atomic mass is 10.1. The maximum absolute atomic E-state index is 12.0. The number of rotatable bonds is 6. The van der Waals surface area contributed by atoms with Crippen LogP contribution in [0.5, 0.6) is 0 Å². The molecule has 1 aromatic heterocycles. The van der Waals surface area contributed by atoms with E-state index in [1.54, 1.807) is 6.07 Å². The number of aryl methyl sites for hydroxylation is 2. The van der Waals surface area contributed by atoms with E-state index in [0.717, 1.165) is 12.1 Å². The van der Waals surface area contributed by atoms with Crippen molar-refractivity contribution in [2.45, 2.75) is 26.2 Å². The molecule has 0 aliphatic heterocycles. The lowest BCUT2D eigenvalue weighted by molar-refractivity contribution is -0.116. The maximum Gasteiger partial charge on any atom is 0.249 e. The fraction of sp³-hybridized carbons (Fsp3) is 0.211. The highest BCUT2D eigenvalue weighted by Gasteiger charge is 2.12. The molecular formula is C19H18ClN3O2. The van der Waals surface area contributed by atoms with Crippen LogP contribution in [0.2, 0.25) is 5.02 Å². The molecule has 0 fully saturated rings. The van der Waals surface area contributed by atoms with Gasteiger partial charge in [0.25, 0.3) is 0 Å². The highest BCUT2D eigenvalue weighted by molar-refractivity contribution is 6.33. The molecule has 3 rings (SSSR count). The molecule has 1 amide bonds. The largest absolute Gasteiger partial charge is 0.421 e. The Hall–Kier alpha value is -2.66. The topological polar surface area (TPSA) is 68.0 Å². The molecule has 1 N–H and O–H groups in total. The van der Waals surface area contributed by atoms with Gasteiger partial charge in [0, 0.05) is 18.5 Å². The van der Waals surface area contributed by atoms with E-state index in [9.17, 15) is 4.79 Å². The summed E-state index contributed by atoms with van der Waals surface area (Å²) < 4.78 is 5.59. The molecule has 0 saturated heterocycles. The van der Waals surface area contributed by atoms with E-state index in [0.29, 0.717) is 28.8 Å². The first-order valence-electron chi connectivity index (χ1n) is 8.12. The quantitative estimate of drug-likeness (QED) is 0.705. The van der Waals surface area contributed by atoms with E-state index in [1.165, 1.54) is 5.56 Å². The molecule has 0 spiro atoms. The molecular weight excluding hydrogens is 338 g/mol. The summed E-state index contributed by atoms with van der Waals surface area (Å²) in [7, 11) is 0. The summed E-state index contributed by atoms with van der Waals surface area (Å²) in [5, 5.41) is 11.4. The van der Waals surface area contributed by atoms with Crippen molar-refractivity contribution >= 4 is 23.2 Å². The van der Waals surface area contributed by atoms with Gasteiger partial charge in [-0.15, -0.1) is 10.2 Å². The average Bonchev–Trinajstić information content (AvgIpc) is 3.10. The van der Waals surface area contributed by atoms with Crippen LogP contribution in [0.4, 0.5) is 5.69 Å². The highest BCUT2D eigenvalue weighted by atomic mass is 35.5. The number of anilines is 1. The van der Waals surface area contributed by atoms with Gasteiger partial charge in [-0.3, -0.25) is 4.79 Å². The molecule has 0 aliphatic carbocycles. The Bertz CT molecular complexity index is 859. The minimum Gasteiger partial charge on any atom is -0.421 e. The molecule has 0 radical (unpaired) electrons. The number of halogens is 1. The number of nitrogens with zero attached hydrogens (tertiary/aromatic N) is 2. The van der Waals surface area contributed by atoms with Crippen LogP contribution >= 0.6 is 11.6 Å². The lowest BCUT2D eigenvalue weighted by Gasteiger charge is -2.05. The normalized spacial score (nSPS) is 10.6. The van der Waals surface area contributed by atoms with Crippen LogP contribution in [0.3, 0.4) is 0 Å². The molecule has 0 aliphatic rings. The van der Waals surface area contributed by atoms with Gasteiger partial charge in [0.2, 0.25) is 17.7 Å². The van der Waals surface area contributed by atoms with E-state index < -0.39 is 0 Å². The van der Waals surface area contributed by atoms with Gasteiger partial charge in [-0.05, 0) is 36.2 Å². The Labute approximate surface area is 151 Å². The molecule has 0 saturated carbocycles. The van der Waals surface area contributed by atoms with Crippen molar-refractivity contribution in [3.63, 3.8) is 0 Å². The van der Waals surface area contributed by atoms with Crippen molar-refractivity contribution in [2.24, 2.45) is 0 Å². The zero-order chi connectivity index (χ0) is 17.6. The SMILES string of the molecule is CCc1ccc(NC(=O)CCc2nnc(-c3ccccc3Cl)o2)cc1. The third-order valence-corrected chi connectivity index (χ3v) is 4.11. The molecule has 3 aromatic rings. The molecule has 1 heterocycles. The second-order valence-corrected chi connectivity index (χ2v) is 5.99. The Morgan fingerprint density at radius 3 is 2.60 bits per heavy atom. The van der Waals surface area contributed by atoms with Crippen molar-refractivity contribution in [2.75, 3.05) is 5.32 Å². The summed E-state index contributed by atoms with van der Waals surface area (Å²) in [6.45, 7) is 2.09. The number of hydrogen-bond acceptors (Lipinski definition) is 4. The summed E-state index contributed by atoms with van der Waals surface area (Å²) in [5.74, 6) is 0.671. The third-order valence-electron chi connectivity index (χ3n) is 3.78.